The minimum Gasteiger partial charge on any atom is -0.445 e. The van der Waals surface area contributed by atoms with Crippen molar-refractivity contribution >= 4 is 30.0 Å². The maximum Gasteiger partial charge on any atom is 0.408 e. The SMILES string of the molecule is CC(C)C[C@H](CC(=O)[C@H](CC(C)C)NC(=O)OCc1ccccc1)C(=O)NNC(=O)C=O. The Labute approximate surface area is 188 Å². The highest BCUT2D eigenvalue weighted by Crippen LogP contribution is 2.19. The summed E-state index contributed by atoms with van der Waals surface area (Å²) in [5.41, 5.74) is 4.97. The minimum atomic E-state index is -0.992. The molecule has 0 heterocycles. The molecular weight excluding hydrogens is 414 g/mol. The molecule has 0 saturated carbocycles. The second kappa shape index (κ2) is 14.0. The lowest BCUT2D eigenvalue weighted by atomic mass is 9.88. The van der Waals surface area contributed by atoms with Crippen molar-refractivity contribution in [3.8, 4) is 0 Å². The summed E-state index contributed by atoms with van der Waals surface area (Å²) in [6.07, 6.45) is -0.0291. The molecule has 0 fully saturated rings. The van der Waals surface area contributed by atoms with Gasteiger partial charge >= 0.3 is 12.0 Å². The fraction of sp³-hybridized carbons (Fsp3) is 0.522. The molecule has 0 aliphatic carbocycles. The third-order valence-corrected chi connectivity index (χ3v) is 4.59. The van der Waals surface area contributed by atoms with Crippen molar-refractivity contribution in [1.82, 2.24) is 16.2 Å². The Morgan fingerprint density at radius 2 is 1.56 bits per heavy atom. The summed E-state index contributed by atoms with van der Waals surface area (Å²) >= 11 is 0. The van der Waals surface area contributed by atoms with Crippen LogP contribution in [-0.2, 0) is 30.5 Å². The summed E-state index contributed by atoms with van der Waals surface area (Å²) in [6, 6.07) is 8.35. The zero-order chi connectivity index (χ0) is 24.1. The normalized spacial score (nSPS) is 12.6. The second-order valence-electron chi connectivity index (χ2n) is 8.48. The lowest BCUT2D eigenvalue weighted by molar-refractivity contribution is -0.136. The van der Waals surface area contributed by atoms with Gasteiger partial charge in [0.25, 0.3) is 0 Å². The molecule has 1 aromatic rings. The molecule has 3 N–H and O–H groups in total. The predicted octanol–water partition coefficient (Wildman–Crippen LogP) is 2.30. The maximum absolute atomic E-state index is 13.0. The quantitative estimate of drug-likeness (QED) is 0.256. The molecule has 0 unspecified atom stereocenters. The molecule has 1 rings (SSSR count). The third-order valence-electron chi connectivity index (χ3n) is 4.59. The van der Waals surface area contributed by atoms with E-state index in [1.165, 1.54) is 0 Å². The van der Waals surface area contributed by atoms with Crippen LogP contribution in [0.4, 0.5) is 4.79 Å². The Balaban J connectivity index is 2.78. The van der Waals surface area contributed by atoms with E-state index in [1.807, 2.05) is 63.5 Å². The van der Waals surface area contributed by atoms with Gasteiger partial charge in [-0.3, -0.25) is 30.0 Å². The largest absolute Gasteiger partial charge is 0.445 e. The van der Waals surface area contributed by atoms with Gasteiger partial charge in [-0.2, -0.15) is 0 Å². The molecule has 1 aromatic carbocycles. The Bertz CT molecular complexity index is 779. The summed E-state index contributed by atoms with van der Waals surface area (Å²) < 4.78 is 5.22. The number of ether oxygens (including phenoxy) is 1. The number of Topliss-reactive ketones (excluding diaryl/α,β-unsaturated/α-hetero) is 1. The summed E-state index contributed by atoms with van der Waals surface area (Å²) in [7, 11) is 0. The van der Waals surface area contributed by atoms with E-state index in [1.54, 1.807) is 0 Å². The average molecular weight is 448 g/mol. The van der Waals surface area contributed by atoms with Crippen LogP contribution in [0.15, 0.2) is 30.3 Å². The van der Waals surface area contributed by atoms with Gasteiger partial charge < -0.3 is 10.1 Å². The van der Waals surface area contributed by atoms with Crippen LogP contribution in [0, 0.1) is 17.8 Å². The molecule has 3 amide bonds. The van der Waals surface area contributed by atoms with Gasteiger partial charge in [0.15, 0.2) is 5.78 Å². The van der Waals surface area contributed by atoms with E-state index < -0.39 is 29.9 Å². The van der Waals surface area contributed by atoms with Gasteiger partial charge in [0.05, 0.1) is 6.04 Å². The predicted molar refractivity (Wildman–Crippen MR) is 118 cm³/mol. The van der Waals surface area contributed by atoms with Crippen LogP contribution in [0.25, 0.3) is 0 Å². The van der Waals surface area contributed by atoms with Crippen LogP contribution in [0.5, 0.6) is 0 Å². The van der Waals surface area contributed by atoms with Crippen molar-refractivity contribution in [2.24, 2.45) is 17.8 Å². The standard InChI is InChI=1S/C23H33N3O6/c1-15(2)10-18(22(30)26-25-21(29)13-27)12-20(28)19(11-16(3)4)24-23(31)32-14-17-8-6-5-7-9-17/h5-9,13,15-16,18-19H,10-12,14H2,1-4H3,(H,24,31)(H,25,29)(H,26,30)/t18-,19+/m1/s1. The molecule has 0 aromatic heterocycles. The first-order valence-electron chi connectivity index (χ1n) is 10.7. The van der Waals surface area contributed by atoms with Crippen LogP contribution in [0.2, 0.25) is 0 Å². The smallest absolute Gasteiger partial charge is 0.408 e. The fourth-order valence-electron chi connectivity index (χ4n) is 3.14. The highest BCUT2D eigenvalue weighted by atomic mass is 16.5. The van der Waals surface area contributed by atoms with Crippen molar-refractivity contribution in [3.05, 3.63) is 35.9 Å². The first kappa shape index (κ1) is 26.8. The lowest BCUT2D eigenvalue weighted by Crippen LogP contribution is -2.47. The topological polar surface area (TPSA) is 131 Å². The van der Waals surface area contributed by atoms with E-state index in [0.29, 0.717) is 12.8 Å². The lowest BCUT2D eigenvalue weighted by Gasteiger charge is -2.23. The number of rotatable bonds is 12. The van der Waals surface area contributed by atoms with Crippen molar-refractivity contribution in [2.45, 2.75) is 59.6 Å². The molecule has 2 atom stereocenters. The van der Waals surface area contributed by atoms with Gasteiger partial charge in [-0.05, 0) is 30.2 Å². The molecule has 32 heavy (non-hydrogen) atoms. The molecule has 176 valence electrons. The van der Waals surface area contributed by atoms with E-state index in [4.69, 9.17) is 4.74 Å². The number of carbonyl (C=O) groups excluding carboxylic acids is 5. The van der Waals surface area contributed by atoms with Gasteiger partial charge in [0, 0.05) is 12.3 Å². The molecule has 0 radical (unpaired) electrons. The summed E-state index contributed by atoms with van der Waals surface area (Å²) in [6.45, 7) is 7.72. The molecular formula is C23H33N3O6. The number of amides is 3. The molecule has 0 aliphatic rings. The number of ketones is 1. The fourth-order valence-corrected chi connectivity index (χ4v) is 3.14. The van der Waals surface area contributed by atoms with Crippen LogP contribution in [0.1, 0.15) is 52.5 Å². The number of carbonyl (C=O) groups is 5. The monoisotopic (exact) mass is 447 g/mol. The van der Waals surface area contributed by atoms with Crippen LogP contribution < -0.4 is 16.2 Å². The Hall–Kier alpha value is -3.23. The number of hydrazine groups is 1. The Kier molecular flexibility index (Phi) is 11.7. The molecule has 0 bridgehead atoms. The molecule has 9 nitrogen and oxygen atoms in total. The van der Waals surface area contributed by atoms with Crippen LogP contribution >= 0.6 is 0 Å². The first-order valence-corrected chi connectivity index (χ1v) is 10.7. The zero-order valence-corrected chi connectivity index (χ0v) is 19.1. The van der Waals surface area contributed by atoms with Gasteiger partial charge in [-0.1, -0.05) is 58.0 Å². The van der Waals surface area contributed by atoms with E-state index in [9.17, 15) is 24.0 Å². The molecule has 0 saturated heterocycles. The van der Waals surface area contributed by atoms with E-state index in [-0.39, 0.29) is 36.9 Å². The highest BCUT2D eigenvalue weighted by molar-refractivity contribution is 6.23. The average Bonchev–Trinajstić information content (AvgIpc) is 2.74. The Morgan fingerprint density at radius 3 is 2.12 bits per heavy atom. The van der Waals surface area contributed by atoms with Gasteiger partial charge in [-0.25, -0.2) is 4.79 Å². The number of hydrogen-bond acceptors (Lipinski definition) is 6. The number of aldehydes is 1. The zero-order valence-electron chi connectivity index (χ0n) is 19.1. The minimum absolute atomic E-state index is 0.0343. The van der Waals surface area contributed by atoms with E-state index in [2.05, 4.69) is 10.7 Å². The Morgan fingerprint density at radius 1 is 0.938 bits per heavy atom. The van der Waals surface area contributed by atoms with Crippen molar-refractivity contribution in [1.29, 1.82) is 0 Å². The van der Waals surface area contributed by atoms with Crippen molar-refractivity contribution < 1.29 is 28.7 Å². The maximum atomic E-state index is 13.0. The number of nitrogens with one attached hydrogen (secondary N) is 3. The number of alkyl carbamates (subject to hydrolysis) is 1. The summed E-state index contributed by atoms with van der Waals surface area (Å²) in [5.74, 6) is -2.38. The third kappa shape index (κ3) is 10.7. The van der Waals surface area contributed by atoms with Crippen molar-refractivity contribution in [3.63, 3.8) is 0 Å². The molecule has 0 spiro atoms. The van der Waals surface area contributed by atoms with Crippen LogP contribution in [-0.4, -0.2) is 36.0 Å². The van der Waals surface area contributed by atoms with Gasteiger partial charge in [0.2, 0.25) is 12.2 Å². The van der Waals surface area contributed by atoms with Gasteiger partial charge in [0.1, 0.15) is 6.61 Å². The molecule has 9 heteroatoms. The van der Waals surface area contributed by atoms with Crippen LogP contribution in [0.3, 0.4) is 0 Å². The van der Waals surface area contributed by atoms with E-state index in [0.717, 1.165) is 5.56 Å². The molecule has 0 aliphatic heterocycles. The summed E-state index contributed by atoms with van der Waals surface area (Å²) in [4.78, 5) is 59.2. The first-order chi connectivity index (χ1) is 15.1. The second-order valence-corrected chi connectivity index (χ2v) is 8.48. The summed E-state index contributed by atoms with van der Waals surface area (Å²) in [5, 5.41) is 2.62. The number of hydrogen-bond donors (Lipinski definition) is 3. The van der Waals surface area contributed by atoms with E-state index >= 15 is 0 Å². The van der Waals surface area contributed by atoms with Crippen molar-refractivity contribution in [2.75, 3.05) is 0 Å². The van der Waals surface area contributed by atoms with Gasteiger partial charge in [-0.15, -0.1) is 0 Å². The highest BCUT2D eigenvalue weighted by Gasteiger charge is 2.29. The number of benzene rings is 1.